The first-order valence-corrected chi connectivity index (χ1v) is 10.1. The lowest BCUT2D eigenvalue weighted by Gasteiger charge is -2.37. The zero-order valence-corrected chi connectivity index (χ0v) is 16.3. The van der Waals surface area contributed by atoms with Crippen molar-refractivity contribution in [3.8, 4) is 11.1 Å². The number of fused-ring (bicyclic) bond motifs is 3. The van der Waals surface area contributed by atoms with Crippen LogP contribution in [0.15, 0.2) is 77.9 Å². The van der Waals surface area contributed by atoms with Crippen LogP contribution in [0, 0.1) is 6.92 Å². The Bertz CT molecular complexity index is 970. The number of benzene rings is 3. The number of aryl methyl sites for hydroxylation is 1. The summed E-state index contributed by atoms with van der Waals surface area (Å²) in [5.41, 5.74) is 8.14. The molecule has 1 fully saturated rings. The second-order valence-electron chi connectivity index (χ2n) is 7.67. The van der Waals surface area contributed by atoms with Gasteiger partial charge in [0.15, 0.2) is 0 Å². The van der Waals surface area contributed by atoms with Crippen LogP contribution in [0.5, 0.6) is 0 Å². The molecule has 0 aromatic heterocycles. The molecule has 0 spiro atoms. The quantitative estimate of drug-likeness (QED) is 0.624. The number of nitrogens with zero attached hydrogens (tertiary/aromatic N) is 3. The van der Waals surface area contributed by atoms with Gasteiger partial charge in [0.2, 0.25) is 0 Å². The Morgan fingerprint density at radius 2 is 1.32 bits per heavy atom. The highest BCUT2D eigenvalue weighted by molar-refractivity contribution is 5.81. The molecule has 140 valence electrons. The van der Waals surface area contributed by atoms with Gasteiger partial charge in [-0.25, -0.2) is 0 Å². The summed E-state index contributed by atoms with van der Waals surface area (Å²) in [5, 5.41) is 6.95. The third kappa shape index (κ3) is 3.02. The molecule has 0 bridgehead atoms. The monoisotopic (exact) mass is 367 g/mol. The van der Waals surface area contributed by atoms with Crippen molar-refractivity contribution < 1.29 is 0 Å². The molecule has 3 nitrogen and oxygen atoms in total. The Morgan fingerprint density at radius 3 is 1.96 bits per heavy atom. The molecule has 1 heterocycles. The molecule has 3 aromatic rings. The minimum atomic E-state index is 0.370. The van der Waals surface area contributed by atoms with Crippen LogP contribution in [0.25, 0.3) is 11.1 Å². The lowest BCUT2D eigenvalue weighted by molar-refractivity contribution is 0.114. The Labute approximate surface area is 166 Å². The summed E-state index contributed by atoms with van der Waals surface area (Å²) in [5.74, 6) is 0. The largest absolute Gasteiger partial charge is 0.294 e. The van der Waals surface area contributed by atoms with Crippen molar-refractivity contribution in [2.75, 3.05) is 26.2 Å². The molecular weight excluding hydrogens is 342 g/mol. The fraction of sp³-hybridized carbons (Fsp3) is 0.240. The summed E-state index contributed by atoms with van der Waals surface area (Å²) in [7, 11) is 0. The second-order valence-corrected chi connectivity index (χ2v) is 7.67. The Balaban J connectivity index is 1.33. The molecule has 1 aliphatic heterocycles. The van der Waals surface area contributed by atoms with Gasteiger partial charge in [0.25, 0.3) is 0 Å². The molecule has 0 atom stereocenters. The highest BCUT2D eigenvalue weighted by Crippen LogP contribution is 2.46. The Morgan fingerprint density at radius 1 is 0.750 bits per heavy atom. The van der Waals surface area contributed by atoms with Gasteiger partial charge < -0.3 is 0 Å². The first kappa shape index (κ1) is 17.2. The number of rotatable bonds is 3. The van der Waals surface area contributed by atoms with Crippen molar-refractivity contribution in [3.05, 3.63) is 95.1 Å². The van der Waals surface area contributed by atoms with Crippen LogP contribution in [0.3, 0.4) is 0 Å². The van der Waals surface area contributed by atoms with Crippen molar-refractivity contribution in [1.82, 2.24) is 9.91 Å². The number of hydrogen-bond acceptors (Lipinski definition) is 3. The highest BCUT2D eigenvalue weighted by atomic mass is 15.5. The first-order valence-electron chi connectivity index (χ1n) is 10.1. The van der Waals surface area contributed by atoms with Gasteiger partial charge in [-0.3, -0.25) is 9.91 Å². The Hall–Kier alpha value is -2.91. The van der Waals surface area contributed by atoms with Gasteiger partial charge in [0, 0.05) is 26.2 Å². The van der Waals surface area contributed by atoms with Crippen LogP contribution in [0.4, 0.5) is 0 Å². The molecule has 5 rings (SSSR count). The van der Waals surface area contributed by atoms with Crippen LogP contribution in [-0.2, 0) is 0 Å². The van der Waals surface area contributed by atoms with Crippen LogP contribution >= 0.6 is 0 Å². The molecule has 2 aliphatic rings. The SMILES string of the molecule is Cc1ccccc1C=NN1CCN(C2c3ccccc3-c3ccccc32)CC1. The number of hydrogen-bond donors (Lipinski definition) is 0. The van der Waals surface area contributed by atoms with Crippen LogP contribution in [0.1, 0.15) is 28.3 Å². The summed E-state index contributed by atoms with van der Waals surface area (Å²) in [6.07, 6.45) is 2.01. The van der Waals surface area contributed by atoms with Gasteiger partial charge in [0.05, 0.1) is 12.3 Å². The average Bonchev–Trinajstić information content (AvgIpc) is 3.08. The van der Waals surface area contributed by atoms with Gasteiger partial charge in [-0.15, -0.1) is 0 Å². The summed E-state index contributed by atoms with van der Waals surface area (Å²) in [4.78, 5) is 2.62. The molecule has 0 unspecified atom stereocenters. The lowest BCUT2D eigenvalue weighted by atomic mass is 10.0. The van der Waals surface area contributed by atoms with Gasteiger partial charge in [-0.2, -0.15) is 5.10 Å². The molecule has 3 aromatic carbocycles. The molecule has 1 aliphatic carbocycles. The smallest absolute Gasteiger partial charge is 0.0615 e. The molecule has 1 saturated heterocycles. The van der Waals surface area contributed by atoms with E-state index in [4.69, 9.17) is 5.10 Å². The van der Waals surface area contributed by atoms with Crippen molar-refractivity contribution in [1.29, 1.82) is 0 Å². The van der Waals surface area contributed by atoms with E-state index < -0.39 is 0 Å². The molecule has 3 heteroatoms. The fourth-order valence-electron chi connectivity index (χ4n) is 4.48. The molecule has 0 N–H and O–H groups in total. The van der Waals surface area contributed by atoms with E-state index >= 15 is 0 Å². The van der Waals surface area contributed by atoms with Crippen molar-refractivity contribution in [2.45, 2.75) is 13.0 Å². The zero-order chi connectivity index (χ0) is 18.9. The van der Waals surface area contributed by atoms with Gasteiger partial charge in [-0.1, -0.05) is 72.8 Å². The standard InChI is InChI=1S/C25H25N3/c1-19-8-2-3-9-20(19)18-26-28-16-14-27(15-17-28)25-23-12-6-4-10-21(23)22-11-5-7-13-24(22)25/h2-13,18,25H,14-17H2,1H3. The Kier molecular flexibility index (Phi) is 4.46. The van der Waals surface area contributed by atoms with Gasteiger partial charge in [-0.05, 0) is 40.3 Å². The normalized spacial score (nSPS) is 17.1. The third-order valence-corrected chi connectivity index (χ3v) is 6.01. The van der Waals surface area contributed by atoms with E-state index in [-0.39, 0.29) is 0 Å². The lowest BCUT2D eigenvalue weighted by Crippen LogP contribution is -2.45. The van der Waals surface area contributed by atoms with Gasteiger partial charge >= 0.3 is 0 Å². The topological polar surface area (TPSA) is 18.8 Å². The summed E-state index contributed by atoms with van der Waals surface area (Å²) in [6, 6.07) is 26.5. The molecule has 28 heavy (non-hydrogen) atoms. The first-order chi connectivity index (χ1) is 13.8. The minimum Gasteiger partial charge on any atom is -0.294 e. The van der Waals surface area contributed by atoms with E-state index in [9.17, 15) is 0 Å². The van der Waals surface area contributed by atoms with Crippen LogP contribution < -0.4 is 0 Å². The third-order valence-electron chi connectivity index (χ3n) is 6.01. The summed E-state index contributed by atoms with van der Waals surface area (Å²) in [6.45, 7) is 6.11. The summed E-state index contributed by atoms with van der Waals surface area (Å²) < 4.78 is 0. The van der Waals surface area contributed by atoms with E-state index in [1.165, 1.54) is 33.4 Å². The average molecular weight is 367 g/mol. The predicted octanol–water partition coefficient (Wildman–Crippen LogP) is 4.72. The molecule has 0 radical (unpaired) electrons. The minimum absolute atomic E-state index is 0.370. The van der Waals surface area contributed by atoms with E-state index in [0.29, 0.717) is 6.04 Å². The highest BCUT2D eigenvalue weighted by Gasteiger charge is 2.33. The predicted molar refractivity (Wildman–Crippen MR) is 116 cm³/mol. The second kappa shape index (κ2) is 7.25. The summed E-state index contributed by atoms with van der Waals surface area (Å²) >= 11 is 0. The molecule has 0 saturated carbocycles. The molecule has 0 amide bonds. The zero-order valence-electron chi connectivity index (χ0n) is 16.3. The van der Waals surface area contributed by atoms with E-state index in [0.717, 1.165) is 26.2 Å². The fourth-order valence-corrected chi connectivity index (χ4v) is 4.48. The maximum atomic E-state index is 4.75. The number of piperazine rings is 1. The van der Waals surface area contributed by atoms with Gasteiger partial charge in [0.1, 0.15) is 0 Å². The van der Waals surface area contributed by atoms with E-state index in [1.807, 2.05) is 6.21 Å². The maximum absolute atomic E-state index is 4.75. The van der Waals surface area contributed by atoms with Crippen molar-refractivity contribution in [2.24, 2.45) is 5.10 Å². The van der Waals surface area contributed by atoms with E-state index in [2.05, 4.69) is 89.6 Å². The van der Waals surface area contributed by atoms with Crippen LogP contribution in [0.2, 0.25) is 0 Å². The van der Waals surface area contributed by atoms with E-state index in [1.54, 1.807) is 0 Å². The maximum Gasteiger partial charge on any atom is 0.0615 e. The molecular formula is C25H25N3. The number of hydrazone groups is 1. The van der Waals surface area contributed by atoms with Crippen LogP contribution in [-0.4, -0.2) is 42.3 Å². The van der Waals surface area contributed by atoms with Crippen molar-refractivity contribution >= 4 is 6.21 Å². The van der Waals surface area contributed by atoms with Crippen molar-refractivity contribution in [3.63, 3.8) is 0 Å².